The highest BCUT2D eigenvalue weighted by Crippen LogP contribution is 2.25. The third-order valence-electron chi connectivity index (χ3n) is 4.34. The van der Waals surface area contributed by atoms with Crippen molar-refractivity contribution in [2.75, 3.05) is 10.3 Å². The van der Waals surface area contributed by atoms with E-state index in [-0.39, 0.29) is 12.1 Å². The van der Waals surface area contributed by atoms with Crippen molar-refractivity contribution in [3.63, 3.8) is 0 Å². The average molecular weight is 375 g/mol. The van der Waals surface area contributed by atoms with Gasteiger partial charge in [-0.15, -0.1) is 0 Å². The summed E-state index contributed by atoms with van der Waals surface area (Å²) < 4.78 is 1.55. The lowest BCUT2D eigenvalue weighted by Gasteiger charge is -2.20. The number of benzene rings is 2. The molecule has 0 fully saturated rings. The van der Waals surface area contributed by atoms with Crippen LogP contribution in [0.1, 0.15) is 6.42 Å². The minimum absolute atomic E-state index is 0.127. The lowest BCUT2D eigenvalue weighted by Crippen LogP contribution is -2.39. The Balaban J connectivity index is 1.60. The van der Waals surface area contributed by atoms with Crippen LogP contribution in [-0.2, 0) is 9.59 Å². The Labute approximate surface area is 160 Å². The molecule has 1 aliphatic heterocycles. The van der Waals surface area contributed by atoms with Crippen molar-refractivity contribution in [1.29, 1.82) is 0 Å². The van der Waals surface area contributed by atoms with E-state index in [0.717, 1.165) is 0 Å². The molecule has 9 heteroatoms. The Hall–Kier alpha value is -4.01. The predicted molar refractivity (Wildman–Crippen MR) is 104 cm³/mol. The van der Waals surface area contributed by atoms with E-state index in [0.29, 0.717) is 17.1 Å². The molecule has 3 N–H and O–H groups in total. The fourth-order valence-corrected chi connectivity index (χ4v) is 2.99. The molecule has 1 unspecified atom stereocenters. The zero-order chi connectivity index (χ0) is 19.5. The van der Waals surface area contributed by atoms with Crippen molar-refractivity contribution in [3.05, 3.63) is 67.3 Å². The van der Waals surface area contributed by atoms with E-state index in [1.807, 2.05) is 30.3 Å². The third-order valence-corrected chi connectivity index (χ3v) is 4.34. The normalized spacial score (nSPS) is 15.9. The highest BCUT2D eigenvalue weighted by Gasteiger charge is 2.35. The van der Waals surface area contributed by atoms with Gasteiger partial charge in [0.15, 0.2) is 0 Å². The van der Waals surface area contributed by atoms with Crippen LogP contribution in [0.2, 0.25) is 0 Å². The van der Waals surface area contributed by atoms with E-state index < -0.39 is 17.9 Å². The number of carbonyl (C=O) groups excluding carboxylic acids is 2. The minimum atomic E-state index is -0.714. The molecule has 1 aliphatic rings. The molecule has 0 saturated heterocycles. The van der Waals surface area contributed by atoms with Gasteiger partial charge in [0.05, 0.1) is 17.1 Å². The zero-order valence-electron chi connectivity index (χ0n) is 14.8. The molecule has 1 atom stereocenters. The van der Waals surface area contributed by atoms with Crippen molar-refractivity contribution >= 4 is 28.9 Å². The van der Waals surface area contributed by atoms with Crippen molar-refractivity contribution < 1.29 is 9.59 Å². The summed E-state index contributed by atoms with van der Waals surface area (Å²) in [4.78, 5) is 28.6. The number of amides is 2. The smallest absolute Gasteiger partial charge is 0.272 e. The van der Waals surface area contributed by atoms with Crippen LogP contribution in [0.3, 0.4) is 0 Å². The molecule has 140 valence electrons. The molecule has 2 amide bonds. The maximum Gasteiger partial charge on any atom is 0.272 e. The molecule has 1 aromatic heterocycles. The predicted octanol–water partition coefficient (Wildman–Crippen LogP) is 1.33. The Kier molecular flexibility index (Phi) is 4.55. The first-order valence-electron chi connectivity index (χ1n) is 8.60. The number of nitrogens with two attached hydrogens (primary N) is 1. The quantitative estimate of drug-likeness (QED) is 0.697. The van der Waals surface area contributed by atoms with Crippen molar-refractivity contribution in [3.8, 4) is 5.69 Å². The number of hydrogen-bond donors (Lipinski definition) is 2. The number of aromatic nitrogens is 3. The lowest BCUT2D eigenvalue weighted by atomic mass is 10.1. The molecular weight excluding hydrogens is 358 g/mol. The van der Waals surface area contributed by atoms with Gasteiger partial charge in [0.1, 0.15) is 24.4 Å². The van der Waals surface area contributed by atoms with Gasteiger partial charge in [-0.1, -0.05) is 30.3 Å². The molecule has 9 nitrogen and oxygen atoms in total. The second-order valence-corrected chi connectivity index (χ2v) is 6.16. The van der Waals surface area contributed by atoms with E-state index in [2.05, 4.69) is 20.5 Å². The van der Waals surface area contributed by atoms with Crippen LogP contribution in [0.25, 0.3) is 5.69 Å². The Bertz CT molecular complexity index is 1030. The fraction of sp³-hybridized carbons (Fsp3) is 0.105. The summed E-state index contributed by atoms with van der Waals surface area (Å²) in [5.41, 5.74) is 7.66. The van der Waals surface area contributed by atoms with Gasteiger partial charge in [0.25, 0.3) is 5.91 Å². The number of hydrogen-bond acceptors (Lipinski definition) is 6. The lowest BCUT2D eigenvalue weighted by molar-refractivity contribution is -0.119. The molecule has 0 radical (unpaired) electrons. The van der Waals surface area contributed by atoms with E-state index in [4.69, 9.17) is 5.73 Å². The number of primary amides is 1. The molecule has 0 spiro atoms. The van der Waals surface area contributed by atoms with Crippen molar-refractivity contribution in [1.82, 2.24) is 14.8 Å². The van der Waals surface area contributed by atoms with Gasteiger partial charge in [-0.25, -0.2) is 9.67 Å². The van der Waals surface area contributed by atoms with Gasteiger partial charge in [0.2, 0.25) is 5.91 Å². The molecule has 0 aliphatic carbocycles. The maximum atomic E-state index is 12.8. The number of hydrazone groups is 1. The standard InChI is InChI=1S/C19H17N7O2/c20-18(27)17-10-15(24-26(17)13-6-2-1-3-7-13)19(28)23-14-8-4-5-9-16(14)25-12-21-11-22-25/h1-9,11-12,17H,10H2,(H2,20,27)(H,23,28). The van der Waals surface area contributed by atoms with Crippen LogP contribution in [0.15, 0.2) is 72.4 Å². The monoisotopic (exact) mass is 375 g/mol. The van der Waals surface area contributed by atoms with Crippen LogP contribution in [0, 0.1) is 0 Å². The van der Waals surface area contributed by atoms with Crippen molar-refractivity contribution in [2.24, 2.45) is 10.8 Å². The molecule has 28 heavy (non-hydrogen) atoms. The third kappa shape index (κ3) is 3.32. The highest BCUT2D eigenvalue weighted by atomic mass is 16.2. The molecular formula is C19H17N7O2. The van der Waals surface area contributed by atoms with E-state index in [1.165, 1.54) is 11.3 Å². The van der Waals surface area contributed by atoms with Gasteiger partial charge >= 0.3 is 0 Å². The van der Waals surface area contributed by atoms with Crippen LogP contribution in [0.5, 0.6) is 0 Å². The van der Waals surface area contributed by atoms with E-state index >= 15 is 0 Å². The number of rotatable bonds is 5. The summed E-state index contributed by atoms with van der Waals surface area (Å²) in [5, 5.41) is 12.8. The summed E-state index contributed by atoms with van der Waals surface area (Å²) in [6.45, 7) is 0. The highest BCUT2D eigenvalue weighted by molar-refractivity contribution is 6.44. The summed E-state index contributed by atoms with van der Waals surface area (Å²) >= 11 is 0. The SMILES string of the molecule is NC(=O)C1CC(C(=O)Nc2ccccc2-n2cncn2)=NN1c1ccccc1. The molecule has 4 rings (SSSR count). The summed E-state index contributed by atoms with van der Waals surface area (Å²) in [5.74, 6) is -0.948. The number of nitrogens with one attached hydrogen (secondary N) is 1. The first-order valence-corrected chi connectivity index (χ1v) is 8.60. The van der Waals surface area contributed by atoms with Gasteiger partial charge in [-0.05, 0) is 24.3 Å². The van der Waals surface area contributed by atoms with Gasteiger partial charge < -0.3 is 11.1 Å². The zero-order valence-corrected chi connectivity index (χ0v) is 14.8. The van der Waals surface area contributed by atoms with Gasteiger partial charge in [-0.3, -0.25) is 14.6 Å². The Morgan fingerprint density at radius 2 is 1.82 bits per heavy atom. The summed E-state index contributed by atoms with van der Waals surface area (Å²) in [7, 11) is 0. The van der Waals surface area contributed by atoms with Crippen LogP contribution < -0.4 is 16.1 Å². The second-order valence-electron chi connectivity index (χ2n) is 6.16. The molecule has 2 heterocycles. The summed E-state index contributed by atoms with van der Waals surface area (Å²) in [6, 6.07) is 15.6. The second kappa shape index (κ2) is 7.31. The number of carbonyl (C=O) groups is 2. The Morgan fingerprint density at radius 1 is 1.07 bits per heavy atom. The topological polar surface area (TPSA) is 118 Å². The molecule has 0 saturated carbocycles. The van der Waals surface area contributed by atoms with Crippen LogP contribution >= 0.6 is 0 Å². The van der Waals surface area contributed by atoms with Crippen LogP contribution in [0.4, 0.5) is 11.4 Å². The molecule has 2 aromatic carbocycles. The number of para-hydroxylation sites is 3. The molecule has 0 bridgehead atoms. The minimum Gasteiger partial charge on any atom is -0.368 e. The van der Waals surface area contributed by atoms with E-state index in [9.17, 15) is 9.59 Å². The van der Waals surface area contributed by atoms with Gasteiger partial charge in [-0.2, -0.15) is 10.2 Å². The first kappa shape index (κ1) is 17.4. The average Bonchev–Trinajstić information content (AvgIpc) is 3.39. The summed E-state index contributed by atoms with van der Waals surface area (Å²) in [6.07, 6.45) is 3.08. The Morgan fingerprint density at radius 3 is 2.54 bits per heavy atom. The van der Waals surface area contributed by atoms with Gasteiger partial charge in [0, 0.05) is 6.42 Å². The van der Waals surface area contributed by atoms with Crippen LogP contribution in [-0.4, -0.2) is 38.3 Å². The number of nitrogens with zero attached hydrogens (tertiary/aromatic N) is 5. The molecule has 3 aromatic rings. The van der Waals surface area contributed by atoms with Crippen molar-refractivity contribution in [2.45, 2.75) is 12.5 Å². The first-order chi connectivity index (χ1) is 13.6. The van der Waals surface area contributed by atoms with E-state index in [1.54, 1.807) is 35.3 Å². The maximum absolute atomic E-state index is 12.8. The number of anilines is 2. The largest absolute Gasteiger partial charge is 0.368 e. The fourth-order valence-electron chi connectivity index (χ4n) is 2.99.